The first-order valence-corrected chi connectivity index (χ1v) is 17.4. The van der Waals surface area contributed by atoms with Crippen molar-refractivity contribution in [2.24, 2.45) is 0 Å². The average Bonchev–Trinajstić information content (AvgIpc) is 3.83. The fraction of sp³-hybridized carbons (Fsp3) is 0.0217. The van der Waals surface area contributed by atoms with Gasteiger partial charge < -0.3 is 8.98 Å². The van der Waals surface area contributed by atoms with Gasteiger partial charge in [0.05, 0.1) is 27.6 Å². The lowest BCUT2D eigenvalue weighted by molar-refractivity contribution is 0.573. The molecule has 0 N–H and O–H groups in total. The zero-order chi connectivity index (χ0) is 34.8. The molecule has 0 aliphatic rings. The smallest absolute Gasteiger partial charge is 0.238 e. The van der Waals surface area contributed by atoms with Crippen molar-refractivity contribution in [3.8, 4) is 23.0 Å². The van der Waals surface area contributed by atoms with E-state index in [1.165, 1.54) is 5.39 Å². The summed E-state index contributed by atoms with van der Waals surface area (Å²) in [6.45, 7) is 6.58. The summed E-state index contributed by atoms with van der Waals surface area (Å²) < 4.78 is 11.2. The Hall–Kier alpha value is -7.05. The molecule has 52 heavy (non-hydrogen) atoms. The van der Waals surface area contributed by atoms with Gasteiger partial charge in [0.25, 0.3) is 0 Å². The van der Waals surface area contributed by atoms with Crippen LogP contribution in [0.3, 0.4) is 0 Å². The van der Waals surface area contributed by atoms with Crippen LogP contribution in [0.5, 0.6) is 0 Å². The molecule has 0 saturated carbocycles. The number of rotatable bonds is 5. The number of hydrogen-bond acceptors (Lipinski definition) is 4. The molecular formula is C46H31N5O. The van der Waals surface area contributed by atoms with Crippen molar-refractivity contribution in [2.45, 2.75) is 6.92 Å². The van der Waals surface area contributed by atoms with E-state index in [1.807, 2.05) is 67.6 Å². The summed E-state index contributed by atoms with van der Waals surface area (Å²) in [4.78, 5) is 15.4. The van der Waals surface area contributed by atoms with Gasteiger partial charge in [-0.25, -0.2) is 4.98 Å². The van der Waals surface area contributed by atoms with Crippen LogP contribution in [0.15, 0.2) is 162 Å². The van der Waals surface area contributed by atoms with E-state index in [4.69, 9.17) is 19.4 Å². The molecule has 0 saturated heterocycles. The summed E-state index contributed by atoms with van der Waals surface area (Å²) in [5, 5.41) is 6.30. The first-order valence-electron chi connectivity index (χ1n) is 17.4. The van der Waals surface area contributed by atoms with Gasteiger partial charge >= 0.3 is 0 Å². The maximum atomic E-state index is 6.81. The third kappa shape index (κ3) is 4.55. The number of furan rings is 1. The minimum atomic E-state index is 0.497. The van der Waals surface area contributed by atoms with Crippen LogP contribution in [0.25, 0.3) is 89.8 Å². The van der Waals surface area contributed by atoms with E-state index < -0.39 is 0 Å². The maximum Gasteiger partial charge on any atom is 0.238 e. The molecule has 0 radical (unpaired) electrons. The fourth-order valence-electron chi connectivity index (χ4n) is 7.54. The van der Waals surface area contributed by atoms with Gasteiger partial charge in [-0.1, -0.05) is 122 Å². The molecule has 0 atom stereocenters. The molecule has 0 fully saturated rings. The molecule has 0 unspecified atom stereocenters. The number of fused-ring (bicyclic) bond motifs is 7. The van der Waals surface area contributed by atoms with Crippen LogP contribution in [-0.2, 0) is 0 Å². The fourth-order valence-corrected chi connectivity index (χ4v) is 7.54. The summed E-state index contributed by atoms with van der Waals surface area (Å²) in [6, 6.07) is 50.1. The van der Waals surface area contributed by atoms with Crippen LogP contribution in [0.2, 0.25) is 0 Å². The van der Waals surface area contributed by atoms with Crippen LogP contribution in [0, 0.1) is 0 Å². The Labute approximate surface area is 298 Å². The molecule has 0 amide bonds. The van der Waals surface area contributed by atoms with Gasteiger partial charge in [0.2, 0.25) is 5.95 Å². The van der Waals surface area contributed by atoms with E-state index in [1.54, 1.807) is 0 Å². The van der Waals surface area contributed by atoms with Crippen molar-refractivity contribution < 1.29 is 4.42 Å². The highest BCUT2D eigenvalue weighted by Gasteiger charge is 2.20. The van der Waals surface area contributed by atoms with Crippen molar-refractivity contribution in [1.29, 1.82) is 0 Å². The van der Waals surface area contributed by atoms with Gasteiger partial charge in [0, 0.05) is 49.5 Å². The molecular weight excluding hydrogens is 639 g/mol. The van der Waals surface area contributed by atoms with Crippen molar-refractivity contribution in [3.63, 3.8) is 0 Å². The van der Waals surface area contributed by atoms with Crippen molar-refractivity contribution in [2.75, 3.05) is 0 Å². The number of benzene rings is 6. The average molecular weight is 670 g/mol. The second-order valence-electron chi connectivity index (χ2n) is 12.9. The van der Waals surface area contributed by atoms with E-state index in [-0.39, 0.29) is 0 Å². The first-order chi connectivity index (χ1) is 25.7. The molecule has 0 aliphatic heterocycles. The Morgan fingerprint density at radius 3 is 1.81 bits per heavy atom. The predicted octanol–water partition coefficient (Wildman–Crippen LogP) is 9.66. The molecule has 4 aromatic heterocycles. The highest BCUT2D eigenvalue weighted by Crippen LogP contribution is 2.35. The van der Waals surface area contributed by atoms with E-state index in [0.717, 1.165) is 71.2 Å². The molecule has 6 aromatic carbocycles. The van der Waals surface area contributed by atoms with Crippen LogP contribution in [0.1, 0.15) is 12.7 Å². The summed E-state index contributed by atoms with van der Waals surface area (Å²) >= 11 is 0. The first kappa shape index (κ1) is 29.8. The summed E-state index contributed by atoms with van der Waals surface area (Å²) in [6.07, 6.45) is 3.99. The van der Waals surface area contributed by atoms with E-state index >= 15 is 0 Å². The Morgan fingerprint density at radius 2 is 1.15 bits per heavy atom. The molecule has 6 nitrogen and oxygen atoms in total. The highest BCUT2D eigenvalue weighted by atomic mass is 16.3. The number of hydrogen-bond donors (Lipinski definition) is 0. The topological polar surface area (TPSA) is 61.7 Å². The van der Waals surface area contributed by atoms with E-state index in [0.29, 0.717) is 23.0 Å². The lowest BCUT2D eigenvalue weighted by Crippen LogP contribution is -2.23. The zero-order valence-corrected chi connectivity index (χ0v) is 28.4. The van der Waals surface area contributed by atoms with Crippen molar-refractivity contribution in [3.05, 3.63) is 174 Å². The van der Waals surface area contributed by atoms with Crippen LogP contribution < -0.4 is 10.6 Å². The Morgan fingerprint density at radius 1 is 0.577 bits per heavy atom. The van der Waals surface area contributed by atoms with Gasteiger partial charge in [-0.05, 0) is 43.3 Å². The minimum Gasteiger partial charge on any atom is -0.455 e. The van der Waals surface area contributed by atoms with Gasteiger partial charge in [0.15, 0.2) is 11.6 Å². The molecule has 0 bridgehead atoms. The monoisotopic (exact) mass is 669 g/mol. The second kappa shape index (κ2) is 11.8. The summed E-state index contributed by atoms with van der Waals surface area (Å²) in [5.41, 5.74) is 8.32. The van der Waals surface area contributed by atoms with Crippen molar-refractivity contribution in [1.82, 2.24) is 24.1 Å². The van der Waals surface area contributed by atoms with Crippen LogP contribution in [-0.4, -0.2) is 24.1 Å². The second-order valence-corrected chi connectivity index (χ2v) is 12.9. The largest absolute Gasteiger partial charge is 0.455 e. The molecule has 0 spiro atoms. The third-order valence-corrected chi connectivity index (χ3v) is 9.85. The highest BCUT2D eigenvalue weighted by molar-refractivity contribution is 6.13. The number of para-hydroxylation sites is 4. The summed E-state index contributed by atoms with van der Waals surface area (Å²) in [7, 11) is 0. The lowest BCUT2D eigenvalue weighted by atomic mass is 10.1. The molecule has 10 aromatic rings. The standard InChI is InChI=1S/C46H31N5O/c1-3-16-35(43-29(2)36-27-37-34-23-12-13-24-38(34)50(31-19-8-5-9-20-31)41(37)28-42(36)52-43)45-47-44(30-17-6-4-7-18-30)48-46(49-45)51-39-25-14-10-21-32(39)33-22-11-15-26-40(33)51/h3-28H,2H2,1H3/b16-3-,43-35-. The molecule has 246 valence electrons. The Bertz CT molecular complexity index is 3100. The van der Waals surface area contributed by atoms with Gasteiger partial charge in [-0.15, -0.1) is 0 Å². The number of aromatic nitrogens is 5. The van der Waals surface area contributed by atoms with Crippen molar-refractivity contribution >= 4 is 66.7 Å². The van der Waals surface area contributed by atoms with Crippen LogP contribution >= 0.6 is 0 Å². The molecule has 0 aliphatic carbocycles. The third-order valence-electron chi connectivity index (χ3n) is 9.85. The van der Waals surface area contributed by atoms with Gasteiger partial charge in [-0.3, -0.25) is 4.57 Å². The van der Waals surface area contributed by atoms with Gasteiger partial charge in [-0.2, -0.15) is 9.97 Å². The SMILES string of the molecule is C=c1/c(=C(\C=C/C)c2nc(-c3ccccc3)nc(-n3c4ccccc4c4ccccc43)n2)oc2cc3c(cc12)c1ccccc1n3-c1ccccc1. The Kier molecular flexibility index (Phi) is 6.76. The van der Waals surface area contributed by atoms with Crippen LogP contribution in [0.4, 0.5) is 0 Å². The zero-order valence-electron chi connectivity index (χ0n) is 28.4. The van der Waals surface area contributed by atoms with E-state index in [2.05, 4.69) is 113 Å². The Balaban J connectivity index is 1.28. The molecule has 6 heteroatoms. The number of allylic oxidation sites excluding steroid dienone is 2. The molecule has 4 heterocycles. The summed E-state index contributed by atoms with van der Waals surface area (Å²) in [5.74, 6) is 1.59. The normalized spacial score (nSPS) is 12.6. The predicted molar refractivity (Wildman–Crippen MR) is 212 cm³/mol. The quantitative estimate of drug-likeness (QED) is 0.183. The number of nitrogens with zero attached hydrogens (tertiary/aromatic N) is 5. The lowest BCUT2D eigenvalue weighted by Gasteiger charge is -2.11. The van der Waals surface area contributed by atoms with Gasteiger partial charge in [0.1, 0.15) is 11.0 Å². The molecule has 10 rings (SSSR count). The minimum absolute atomic E-state index is 0.497. The van der Waals surface area contributed by atoms with E-state index in [9.17, 15) is 0 Å². The maximum absolute atomic E-state index is 6.81.